The standard InChI is InChI=1S/C34H24N4O2/c39-32(22-7-3-1-4-8-22)30-21-34(33(40)23-9-5-2-6-10-23)20-29-16-15-27(37-29)18-25-12-11-24(35-25)17-26-13-14-28(36-26)19-31(30)38-34/h1-20,35,38H,21H2/b24-17-,25-18-,28-19-,29-20-/i21D. The number of aliphatic imine (C=N–C) groups is 2. The van der Waals surface area contributed by atoms with Crippen molar-refractivity contribution in [2.24, 2.45) is 9.98 Å². The third-order valence-corrected chi connectivity index (χ3v) is 7.07. The van der Waals surface area contributed by atoms with Gasteiger partial charge in [0.1, 0.15) is 5.54 Å². The van der Waals surface area contributed by atoms with Crippen LogP contribution < -0.4 is 16.0 Å². The zero-order valence-corrected chi connectivity index (χ0v) is 21.3. The Labute approximate surface area is 232 Å². The van der Waals surface area contributed by atoms with Gasteiger partial charge in [0.2, 0.25) is 0 Å². The summed E-state index contributed by atoms with van der Waals surface area (Å²) >= 11 is 0. The lowest BCUT2D eigenvalue weighted by molar-refractivity contribution is 0.0906. The van der Waals surface area contributed by atoms with E-state index in [1.54, 1.807) is 60.7 Å². The predicted molar refractivity (Wildman–Crippen MR) is 157 cm³/mol. The van der Waals surface area contributed by atoms with Crippen LogP contribution in [-0.4, -0.2) is 33.5 Å². The van der Waals surface area contributed by atoms with Gasteiger partial charge in [0.15, 0.2) is 11.6 Å². The van der Waals surface area contributed by atoms with E-state index in [2.05, 4.69) is 10.3 Å². The van der Waals surface area contributed by atoms with E-state index in [-0.39, 0.29) is 17.1 Å². The number of nitrogens with zero attached hydrogens (tertiary/aromatic N) is 2. The highest BCUT2D eigenvalue weighted by atomic mass is 16.1. The molecule has 0 saturated heterocycles. The van der Waals surface area contributed by atoms with Crippen LogP contribution in [0.2, 0.25) is 0 Å². The number of aromatic amines is 1. The van der Waals surface area contributed by atoms with E-state index in [0.717, 1.165) is 16.4 Å². The second kappa shape index (κ2) is 9.43. The van der Waals surface area contributed by atoms with Crippen LogP contribution in [0.5, 0.6) is 0 Å². The summed E-state index contributed by atoms with van der Waals surface area (Å²) < 4.78 is 9.50. The summed E-state index contributed by atoms with van der Waals surface area (Å²) in [7, 11) is 0. The molecule has 2 aromatic carbocycles. The minimum Gasteiger partial charge on any atom is -0.369 e. The number of nitrogens with one attached hydrogen (secondary N) is 2. The Morgan fingerprint density at radius 2 is 1.32 bits per heavy atom. The van der Waals surface area contributed by atoms with Crippen LogP contribution in [0.4, 0.5) is 0 Å². The van der Waals surface area contributed by atoms with Crippen molar-refractivity contribution in [3.05, 3.63) is 154 Å². The Morgan fingerprint density at radius 1 is 0.725 bits per heavy atom. The fourth-order valence-corrected chi connectivity index (χ4v) is 5.18. The van der Waals surface area contributed by atoms with Gasteiger partial charge in [0.25, 0.3) is 0 Å². The molecule has 0 saturated carbocycles. The van der Waals surface area contributed by atoms with Crippen LogP contribution in [0.15, 0.2) is 142 Å². The molecular weight excluding hydrogens is 496 g/mol. The van der Waals surface area contributed by atoms with Crippen molar-refractivity contribution in [1.82, 2.24) is 10.3 Å². The van der Waals surface area contributed by atoms with Gasteiger partial charge in [-0.05, 0) is 60.7 Å². The highest BCUT2D eigenvalue weighted by Crippen LogP contribution is 2.37. The number of H-pyrrole nitrogens is 1. The Hall–Kier alpha value is -5.36. The lowest BCUT2D eigenvalue weighted by Crippen LogP contribution is -2.46. The number of hydrogen-bond acceptors (Lipinski definition) is 5. The molecule has 0 fully saturated rings. The quantitative estimate of drug-likeness (QED) is 0.507. The summed E-state index contributed by atoms with van der Waals surface area (Å²) in [5.41, 5.74) is 2.42. The minimum atomic E-state index is -1.59. The van der Waals surface area contributed by atoms with Crippen LogP contribution in [0.1, 0.15) is 28.5 Å². The molecule has 4 aliphatic heterocycles. The molecule has 192 valence electrons. The van der Waals surface area contributed by atoms with Gasteiger partial charge in [-0.15, -0.1) is 0 Å². The van der Waals surface area contributed by atoms with E-state index in [0.29, 0.717) is 33.9 Å². The number of carbonyl (C=O) groups is 2. The van der Waals surface area contributed by atoms with Crippen LogP contribution >= 0.6 is 0 Å². The molecule has 6 heteroatoms. The average molecular weight is 522 g/mol. The highest BCUT2D eigenvalue weighted by molar-refractivity contribution is 6.20. The van der Waals surface area contributed by atoms with Crippen molar-refractivity contribution >= 4 is 35.1 Å². The van der Waals surface area contributed by atoms with Gasteiger partial charge in [-0.1, -0.05) is 60.7 Å². The van der Waals surface area contributed by atoms with Gasteiger partial charge in [-0.2, -0.15) is 0 Å². The minimum absolute atomic E-state index is 0.196. The average Bonchev–Trinajstić information content (AvgIpc) is 3.79. The number of benzene rings is 2. The normalized spacial score (nSPS) is 27.1. The molecule has 3 aromatic rings. The summed E-state index contributed by atoms with van der Waals surface area (Å²) in [6, 6.07) is 21.6. The molecule has 5 heterocycles. The molecule has 0 aliphatic carbocycles. The predicted octanol–water partition coefficient (Wildman–Crippen LogP) is 4.13. The first-order valence-electron chi connectivity index (χ1n) is 13.6. The summed E-state index contributed by atoms with van der Waals surface area (Å²) in [5.74, 6) is -0.646. The largest absolute Gasteiger partial charge is 0.369 e. The summed E-state index contributed by atoms with van der Waals surface area (Å²) in [6.07, 6.45) is 13.4. The molecular formula is C34H24N4O2. The second-order valence-electron chi connectivity index (χ2n) is 9.89. The van der Waals surface area contributed by atoms with Crippen molar-refractivity contribution in [2.75, 3.05) is 0 Å². The van der Waals surface area contributed by atoms with Gasteiger partial charge in [-0.3, -0.25) is 9.59 Å². The summed E-state index contributed by atoms with van der Waals surface area (Å²) in [6.45, 7) is 0. The molecule has 0 radical (unpaired) electrons. The number of hydrogen-bond donors (Lipinski definition) is 2. The zero-order valence-electron chi connectivity index (χ0n) is 22.3. The maximum Gasteiger partial charge on any atom is 0.192 e. The topological polar surface area (TPSA) is 86.7 Å². The molecule has 2 N–H and O–H groups in total. The van der Waals surface area contributed by atoms with Crippen LogP contribution in [0.25, 0.3) is 12.2 Å². The van der Waals surface area contributed by atoms with E-state index in [1.807, 2.05) is 60.7 Å². The Balaban J connectivity index is 1.48. The van der Waals surface area contributed by atoms with Crippen LogP contribution in [0, 0.1) is 0 Å². The molecule has 6 nitrogen and oxygen atoms in total. The van der Waals surface area contributed by atoms with Gasteiger partial charge < -0.3 is 10.3 Å². The van der Waals surface area contributed by atoms with Gasteiger partial charge in [0, 0.05) is 40.9 Å². The van der Waals surface area contributed by atoms with Crippen molar-refractivity contribution in [3.63, 3.8) is 0 Å². The maximum atomic E-state index is 14.3. The highest BCUT2D eigenvalue weighted by Gasteiger charge is 2.45. The number of carbonyl (C=O) groups excluding carboxylic acids is 2. The van der Waals surface area contributed by atoms with E-state index in [4.69, 9.17) is 9.98 Å². The number of aromatic nitrogens is 1. The lowest BCUT2D eigenvalue weighted by atomic mass is 9.83. The van der Waals surface area contributed by atoms with Crippen molar-refractivity contribution in [3.8, 4) is 0 Å². The van der Waals surface area contributed by atoms with E-state index in [1.165, 1.54) is 0 Å². The van der Waals surface area contributed by atoms with Gasteiger partial charge in [-0.25, -0.2) is 9.98 Å². The number of allylic oxidation sites excluding steroid dienone is 5. The molecule has 1 aromatic heterocycles. The Bertz CT molecular complexity index is 1960. The fraction of sp³-hybridized carbons (Fsp3) is 0.0588. The molecule has 7 rings (SSSR count). The van der Waals surface area contributed by atoms with E-state index >= 15 is 0 Å². The Kier molecular flexibility index (Phi) is 5.33. The number of Topliss-reactive ketones (excluding diaryl/α,β-unsaturated/α-hetero) is 2. The summed E-state index contributed by atoms with van der Waals surface area (Å²) in [4.78, 5) is 41.1. The molecule has 4 aliphatic rings. The lowest BCUT2D eigenvalue weighted by Gasteiger charge is -2.26. The van der Waals surface area contributed by atoms with E-state index < -0.39 is 11.9 Å². The van der Waals surface area contributed by atoms with Crippen molar-refractivity contribution < 1.29 is 11.0 Å². The monoisotopic (exact) mass is 521 g/mol. The fourth-order valence-electron chi connectivity index (χ4n) is 5.18. The first kappa shape index (κ1) is 22.6. The first-order chi connectivity index (χ1) is 20.0. The smallest absolute Gasteiger partial charge is 0.192 e. The number of fused-ring (bicyclic) bond motifs is 6. The molecule has 40 heavy (non-hydrogen) atoms. The van der Waals surface area contributed by atoms with Gasteiger partial charge in [0.05, 0.1) is 22.8 Å². The van der Waals surface area contributed by atoms with Gasteiger partial charge >= 0.3 is 0 Å². The maximum absolute atomic E-state index is 14.3. The third kappa shape index (κ3) is 4.35. The number of ketones is 2. The first-order valence-corrected chi connectivity index (χ1v) is 13.0. The SMILES string of the molecule is [2H]C1C(C(=O)c2ccccc2)=C2/C=C3/C=CC(=N3)/C=c3/cc/c([nH]3)=C/C3=NC(=C\C1(C(=O)c1ccccc1)N2)/C=C3. The molecule has 8 bridgehead atoms. The number of rotatable bonds is 4. The zero-order chi connectivity index (χ0) is 28.0. The molecule has 2 unspecified atom stereocenters. The van der Waals surface area contributed by atoms with Crippen molar-refractivity contribution in [1.29, 1.82) is 0 Å². The third-order valence-electron chi connectivity index (χ3n) is 7.07. The second-order valence-corrected chi connectivity index (χ2v) is 9.89. The molecule has 0 spiro atoms. The molecule has 0 amide bonds. The molecule has 2 atom stereocenters. The van der Waals surface area contributed by atoms with Crippen LogP contribution in [-0.2, 0) is 0 Å². The summed E-state index contributed by atoms with van der Waals surface area (Å²) in [5, 5.41) is 5.10. The van der Waals surface area contributed by atoms with Crippen LogP contribution in [0.3, 0.4) is 0 Å². The van der Waals surface area contributed by atoms with E-state index in [9.17, 15) is 11.0 Å². The Morgan fingerprint density at radius 3 is 2.00 bits per heavy atom. The van der Waals surface area contributed by atoms with Crippen molar-refractivity contribution in [2.45, 2.75) is 11.9 Å².